The van der Waals surface area contributed by atoms with E-state index in [4.69, 9.17) is 52.5 Å². The molecule has 0 unspecified atom stereocenters. The van der Waals surface area contributed by atoms with E-state index in [1.165, 1.54) is 0 Å². The van der Waals surface area contributed by atoms with E-state index < -0.39 is 13.3 Å². The second-order valence-electron chi connectivity index (χ2n) is 2.48. The van der Waals surface area contributed by atoms with Crippen LogP contribution in [0.3, 0.4) is 0 Å². The van der Waals surface area contributed by atoms with E-state index in [2.05, 4.69) is 0 Å². The van der Waals surface area contributed by atoms with Crippen LogP contribution in [0.25, 0.3) is 0 Å². The van der Waals surface area contributed by atoms with Gasteiger partial charge >= 0.3 is 9.05 Å². The van der Waals surface area contributed by atoms with Crippen molar-refractivity contribution in [2.24, 2.45) is 0 Å². The molecule has 0 saturated heterocycles. The van der Waals surface area contributed by atoms with Crippen molar-refractivity contribution in [1.29, 1.82) is 0 Å². The zero-order chi connectivity index (χ0) is 13.7. The van der Waals surface area contributed by atoms with E-state index in [9.17, 15) is 0 Å². The van der Waals surface area contributed by atoms with Gasteiger partial charge in [0.05, 0.1) is 0 Å². The zero-order valence-electron chi connectivity index (χ0n) is 10.7. The van der Waals surface area contributed by atoms with E-state index >= 15 is 0 Å². The van der Waals surface area contributed by atoms with Gasteiger partial charge in [-0.05, 0) is 27.7 Å². The van der Waals surface area contributed by atoms with Gasteiger partial charge in [0.1, 0.15) is 0 Å². The lowest BCUT2D eigenvalue weighted by Crippen LogP contribution is -2.49. The summed E-state index contributed by atoms with van der Waals surface area (Å²) in [6, 6.07) is 0. The Kier molecular flexibility index (Phi) is 15.9. The molecule has 8 heteroatoms. The van der Waals surface area contributed by atoms with Gasteiger partial charge in [-0.2, -0.15) is 0 Å². The molecule has 0 N–H and O–H groups in total. The molecule has 106 valence electrons. The van der Waals surface area contributed by atoms with E-state index in [1.54, 1.807) is 0 Å². The Bertz CT molecular complexity index is 131. The molecule has 0 saturated carbocycles. The van der Waals surface area contributed by atoms with Gasteiger partial charge in [0, 0.05) is 26.4 Å². The van der Waals surface area contributed by atoms with Crippen LogP contribution in [-0.4, -0.2) is 39.8 Å². The Labute approximate surface area is 120 Å². The third-order valence-corrected chi connectivity index (χ3v) is 3.85. The van der Waals surface area contributed by atoms with Crippen LogP contribution in [-0.2, 0) is 17.7 Å². The molecule has 0 bridgehead atoms. The highest BCUT2D eigenvalue weighted by Crippen LogP contribution is 2.11. The quantitative estimate of drug-likeness (QED) is 0.504. The van der Waals surface area contributed by atoms with Crippen LogP contribution in [0.15, 0.2) is 0 Å². The van der Waals surface area contributed by atoms with Crippen LogP contribution in [0.4, 0.5) is 0 Å². The van der Waals surface area contributed by atoms with Gasteiger partial charge in [-0.3, -0.25) is 0 Å². The standard InChI is InChI=1S/C8H20O4Si.CHCl3/c1-5-9-13(10-6-2,11-7-3)12-8-4;2-1(3)4/h5-8H2,1-4H3;1H. The summed E-state index contributed by atoms with van der Waals surface area (Å²) in [5, 5.41) is 0. The van der Waals surface area contributed by atoms with Crippen molar-refractivity contribution < 1.29 is 17.7 Å². The smallest absolute Gasteiger partial charge is 0.351 e. The van der Waals surface area contributed by atoms with Gasteiger partial charge in [-0.1, -0.05) is 34.8 Å². The number of hydrogen-bond donors (Lipinski definition) is 0. The molecular formula is C9H21Cl3O4Si. The zero-order valence-corrected chi connectivity index (χ0v) is 13.9. The minimum absolute atomic E-state index is 0.548. The molecule has 0 rings (SSSR count). The highest BCUT2D eigenvalue weighted by Gasteiger charge is 2.44. The fourth-order valence-corrected chi connectivity index (χ4v) is 2.87. The molecule has 0 atom stereocenters. The molecular weight excluding hydrogens is 307 g/mol. The van der Waals surface area contributed by atoms with Crippen molar-refractivity contribution in [3.63, 3.8) is 0 Å². The van der Waals surface area contributed by atoms with Crippen LogP contribution in [0.5, 0.6) is 0 Å². The Morgan fingerprint density at radius 1 is 0.706 bits per heavy atom. The monoisotopic (exact) mass is 326 g/mol. The van der Waals surface area contributed by atoms with Gasteiger partial charge in [0.25, 0.3) is 0 Å². The van der Waals surface area contributed by atoms with Crippen LogP contribution >= 0.6 is 34.8 Å². The van der Waals surface area contributed by atoms with Gasteiger partial charge in [0.15, 0.2) is 4.30 Å². The normalized spacial score (nSPS) is 11.3. The molecule has 0 fully saturated rings. The predicted molar refractivity (Wildman–Crippen MR) is 73.6 cm³/mol. The third kappa shape index (κ3) is 13.2. The number of hydrogen-bond acceptors (Lipinski definition) is 4. The van der Waals surface area contributed by atoms with Crippen LogP contribution < -0.4 is 0 Å². The molecule has 0 aromatic heterocycles. The summed E-state index contributed by atoms with van der Waals surface area (Å²) in [4.78, 5) is 0. The molecule has 0 aromatic rings. The van der Waals surface area contributed by atoms with E-state index in [-0.39, 0.29) is 0 Å². The predicted octanol–water partition coefficient (Wildman–Crippen LogP) is 3.55. The van der Waals surface area contributed by atoms with Crippen molar-refractivity contribution >= 4 is 43.9 Å². The average Bonchev–Trinajstić information content (AvgIpc) is 2.18. The Balaban J connectivity index is 0. The summed E-state index contributed by atoms with van der Waals surface area (Å²) in [5.74, 6) is 0. The van der Waals surface area contributed by atoms with E-state index in [0.717, 1.165) is 0 Å². The number of alkyl halides is 3. The molecule has 0 aliphatic heterocycles. The van der Waals surface area contributed by atoms with Gasteiger partial charge in [-0.15, -0.1) is 0 Å². The average molecular weight is 328 g/mol. The van der Waals surface area contributed by atoms with Crippen LogP contribution in [0, 0.1) is 0 Å². The van der Waals surface area contributed by atoms with E-state index in [1.807, 2.05) is 27.7 Å². The SMILES string of the molecule is CCO[Si](OCC)(OCC)OCC.ClC(Cl)Cl. The van der Waals surface area contributed by atoms with Gasteiger partial charge in [-0.25, -0.2) is 0 Å². The van der Waals surface area contributed by atoms with Gasteiger partial charge < -0.3 is 17.7 Å². The molecule has 0 aromatic carbocycles. The second kappa shape index (κ2) is 13.4. The van der Waals surface area contributed by atoms with Crippen molar-refractivity contribution in [2.75, 3.05) is 26.4 Å². The first-order valence-electron chi connectivity index (χ1n) is 5.45. The third-order valence-electron chi connectivity index (χ3n) is 1.28. The summed E-state index contributed by atoms with van der Waals surface area (Å²) in [7, 11) is -2.80. The maximum atomic E-state index is 5.42. The first kappa shape index (κ1) is 20.2. The molecule has 0 aliphatic carbocycles. The number of halogens is 3. The fourth-order valence-electron chi connectivity index (χ4n) is 0.957. The van der Waals surface area contributed by atoms with E-state index in [0.29, 0.717) is 26.4 Å². The number of rotatable bonds is 8. The fraction of sp³-hybridized carbons (Fsp3) is 1.00. The lowest BCUT2D eigenvalue weighted by Gasteiger charge is -2.26. The minimum Gasteiger partial charge on any atom is -0.351 e. The lowest BCUT2D eigenvalue weighted by molar-refractivity contribution is -0.0247. The molecule has 0 aliphatic rings. The Morgan fingerprint density at radius 2 is 0.882 bits per heavy atom. The molecule has 4 nitrogen and oxygen atoms in total. The van der Waals surface area contributed by atoms with Crippen molar-refractivity contribution in [3.05, 3.63) is 0 Å². The van der Waals surface area contributed by atoms with Crippen molar-refractivity contribution in [2.45, 2.75) is 32.0 Å². The summed E-state index contributed by atoms with van der Waals surface area (Å²) >= 11 is 14.4. The highest BCUT2D eigenvalue weighted by molar-refractivity contribution is 6.63. The maximum absolute atomic E-state index is 5.42. The highest BCUT2D eigenvalue weighted by atomic mass is 35.6. The van der Waals surface area contributed by atoms with Crippen LogP contribution in [0.1, 0.15) is 27.7 Å². The summed E-state index contributed by atoms with van der Waals surface area (Å²) in [5.41, 5.74) is 0. The summed E-state index contributed by atoms with van der Waals surface area (Å²) in [6.07, 6.45) is 0. The van der Waals surface area contributed by atoms with Crippen molar-refractivity contribution in [3.8, 4) is 0 Å². The van der Waals surface area contributed by atoms with Gasteiger partial charge in [0.2, 0.25) is 0 Å². The molecule has 0 radical (unpaired) electrons. The first-order chi connectivity index (χ1) is 7.97. The Hall–Kier alpha value is 0.927. The Morgan fingerprint density at radius 3 is 1.00 bits per heavy atom. The maximum Gasteiger partial charge on any atom is 0.679 e. The van der Waals surface area contributed by atoms with Crippen molar-refractivity contribution in [1.82, 2.24) is 0 Å². The topological polar surface area (TPSA) is 36.9 Å². The molecule has 0 spiro atoms. The summed E-state index contributed by atoms with van der Waals surface area (Å²) < 4.78 is 20.9. The molecule has 0 amide bonds. The largest absolute Gasteiger partial charge is 0.679 e. The minimum atomic E-state index is -2.80. The lowest BCUT2D eigenvalue weighted by atomic mass is 10.9. The first-order valence-corrected chi connectivity index (χ1v) is 8.40. The summed E-state index contributed by atoms with van der Waals surface area (Å²) in [6.45, 7) is 9.80. The van der Waals surface area contributed by atoms with Crippen LogP contribution in [0.2, 0.25) is 0 Å². The second-order valence-corrected chi connectivity index (χ2v) is 6.61. The molecule has 17 heavy (non-hydrogen) atoms. The molecule has 0 heterocycles.